The third-order valence-electron chi connectivity index (χ3n) is 5.69. The molecule has 0 saturated carbocycles. The van der Waals surface area contributed by atoms with Crippen molar-refractivity contribution in [1.82, 2.24) is 0 Å². The van der Waals surface area contributed by atoms with Gasteiger partial charge in [-0.15, -0.1) is 0 Å². The van der Waals surface area contributed by atoms with Crippen LogP contribution in [0, 0.1) is 34.3 Å². The average molecular weight is 587 g/mol. The molecule has 2 aromatic rings. The summed E-state index contributed by atoms with van der Waals surface area (Å²) in [5, 5.41) is 17.0. The molecular weight excluding hydrogens is 553 g/mol. The third kappa shape index (κ3) is 9.29. The SMILES string of the molecule is CC(C)=CB1OC(C)(C)C(C)(C)O1.CC(C)=Cc1cc(C#N)c(F)cc1N.N#Cc1cc(Br)c(N)cc1F. The molecule has 0 radical (unpaired) electrons. The summed E-state index contributed by atoms with van der Waals surface area (Å²) in [5.41, 5.74) is 14.1. The number of allylic oxidation sites excluding steroid dienone is 2. The molecule has 202 valence electrons. The maximum Gasteiger partial charge on any atom is 0.487 e. The van der Waals surface area contributed by atoms with Crippen LogP contribution in [0.25, 0.3) is 6.08 Å². The second-order valence-electron chi connectivity index (χ2n) is 10.1. The summed E-state index contributed by atoms with van der Waals surface area (Å²) in [6.07, 6.45) is 1.82. The zero-order valence-corrected chi connectivity index (χ0v) is 24.6. The van der Waals surface area contributed by atoms with Crippen LogP contribution in [0.4, 0.5) is 20.2 Å². The Kier molecular flexibility index (Phi) is 11.7. The van der Waals surface area contributed by atoms with Gasteiger partial charge >= 0.3 is 7.12 Å². The molecule has 0 amide bonds. The molecule has 0 aromatic heterocycles. The summed E-state index contributed by atoms with van der Waals surface area (Å²) < 4.78 is 37.8. The predicted octanol–water partition coefficient (Wildman–Crippen LogP) is 7.33. The van der Waals surface area contributed by atoms with E-state index in [2.05, 4.69) is 43.6 Å². The first-order chi connectivity index (χ1) is 17.4. The minimum Gasteiger partial charge on any atom is -0.400 e. The number of nitrogen functional groups attached to an aromatic ring is 2. The minimum absolute atomic E-state index is 0.00826. The lowest BCUT2D eigenvalue weighted by molar-refractivity contribution is 0.00578. The first-order valence-electron chi connectivity index (χ1n) is 11.7. The fraction of sp³-hybridized carbons (Fsp3) is 0.357. The predicted molar refractivity (Wildman–Crippen MR) is 154 cm³/mol. The van der Waals surface area contributed by atoms with E-state index in [0.717, 1.165) is 11.6 Å². The van der Waals surface area contributed by atoms with Crippen molar-refractivity contribution in [2.24, 2.45) is 0 Å². The average Bonchev–Trinajstić information content (AvgIpc) is 2.98. The third-order valence-corrected chi connectivity index (χ3v) is 6.37. The van der Waals surface area contributed by atoms with Gasteiger partial charge < -0.3 is 20.8 Å². The van der Waals surface area contributed by atoms with Crippen molar-refractivity contribution < 1.29 is 18.1 Å². The van der Waals surface area contributed by atoms with Gasteiger partial charge in [0.05, 0.1) is 22.3 Å². The number of nitrogens with zero attached hydrogens (tertiary/aromatic N) is 2. The Bertz CT molecular complexity index is 1290. The van der Waals surface area contributed by atoms with E-state index in [1.807, 2.05) is 39.7 Å². The molecule has 0 unspecified atom stereocenters. The zero-order valence-electron chi connectivity index (χ0n) is 23.0. The maximum absolute atomic E-state index is 13.0. The number of hydrogen-bond acceptors (Lipinski definition) is 6. The molecule has 1 fully saturated rings. The number of benzene rings is 2. The van der Waals surface area contributed by atoms with Crippen LogP contribution in [0.15, 0.2) is 45.9 Å². The second-order valence-corrected chi connectivity index (χ2v) is 11.0. The molecule has 1 aliphatic rings. The molecule has 3 rings (SSSR count). The van der Waals surface area contributed by atoms with Crippen molar-refractivity contribution in [3.05, 3.63) is 74.2 Å². The van der Waals surface area contributed by atoms with Crippen LogP contribution in [-0.4, -0.2) is 18.3 Å². The molecule has 1 aliphatic heterocycles. The molecule has 10 heteroatoms. The molecule has 4 N–H and O–H groups in total. The normalized spacial score (nSPS) is 14.5. The first-order valence-corrected chi connectivity index (χ1v) is 12.5. The molecule has 1 heterocycles. The molecule has 38 heavy (non-hydrogen) atoms. The molecule has 1 saturated heterocycles. The van der Waals surface area contributed by atoms with Crippen molar-refractivity contribution in [1.29, 1.82) is 10.5 Å². The molecular formula is C28H34BBrF2N4O2. The quantitative estimate of drug-likeness (QED) is 0.281. The van der Waals surface area contributed by atoms with Crippen LogP contribution in [0.3, 0.4) is 0 Å². The van der Waals surface area contributed by atoms with Crippen LogP contribution in [-0.2, 0) is 9.31 Å². The van der Waals surface area contributed by atoms with Crippen LogP contribution < -0.4 is 11.5 Å². The highest BCUT2D eigenvalue weighted by molar-refractivity contribution is 9.10. The Morgan fingerprint density at radius 2 is 1.29 bits per heavy atom. The molecule has 2 aromatic carbocycles. The Balaban J connectivity index is 0.000000287. The van der Waals surface area contributed by atoms with Crippen molar-refractivity contribution in [3.8, 4) is 12.1 Å². The molecule has 0 aliphatic carbocycles. The summed E-state index contributed by atoms with van der Waals surface area (Å²) in [4.78, 5) is 0. The van der Waals surface area contributed by atoms with Crippen LogP contribution in [0.5, 0.6) is 0 Å². The molecule has 0 spiro atoms. The van der Waals surface area contributed by atoms with Crippen molar-refractivity contribution in [2.75, 3.05) is 11.5 Å². The summed E-state index contributed by atoms with van der Waals surface area (Å²) in [6.45, 7) is 16.2. The van der Waals surface area contributed by atoms with E-state index in [0.29, 0.717) is 21.4 Å². The number of nitriles is 2. The van der Waals surface area contributed by atoms with Gasteiger partial charge in [-0.3, -0.25) is 0 Å². The summed E-state index contributed by atoms with van der Waals surface area (Å²) in [7, 11) is -0.185. The number of hydrogen-bond donors (Lipinski definition) is 2. The van der Waals surface area contributed by atoms with Crippen LogP contribution in [0.2, 0.25) is 0 Å². The fourth-order valence-electron chi connectivity index (χ4n) is 3.00. The smallest absolute Gasteiger partial charge is 0.400 e. The van der Waals surface area contributed by atoms with E-state index in [-0.39, 0.29) is 29.4 Å². The van der Waals surface area contributed by atoms with Gasteiger partial charge in [0.1, 0.15) is 23.8 Å². The van der Waals surface area contributed by atoms with Crippen LogP contribution >= 0.6 is 15.9 Å². The number of rotatable bonds is 2. The Morgan fingerprint density at radius 3 is 1.71 bits per heavy atom. The highest BCUT2D eigenvalue weighted by Gasteiger charge is 2.50. The molecule has 6 nitrogen and oxygen atoms in total. The largest absolute Gasteiger partial charge is 0.487 e. The summed E-state index contributed by atoms with van der Waals surface area (Å²) >= 11 is 3.08. The van der Waals surface area contributed by atoms with Gasteiger partial charge in [-0.1, -0.05) is 23.2 Å². The van der Waals surface area contributed by atoms with Crippen molar-refractivity contribution >= 4 is 40.5 Å². The van der Waals surface area contributed by atoms with E-state index in [9.17, 15) is 8.78 Å². The van der Waals surface area contributed by atoms with E-state index in [1.54, 1.807) is 12.1 Å². The Labute approximate surface area is 233 Å². The molecule has 0 bridgehead atoms. The summed E-state index contributed by atoms with van der Waals surface area (Å²) in [5.74, 6) is 0.848. The van der Waals surface area contributed by atoms with Crippen molar-refractivity contribution in [2.45, 2.75) is 66.6 Å². The van der Waals surface area contributed by atoms with E-state index >= 15 is 0 Å². The Hall–Kier alpha value is -3.18. The first kappa shape index (κ1) is 32.9. The summed E-state index contributed by atoms with van der Waals surface area (Å²) in [6, 6.07) is 8.57. The number of anilines is 2. The van der Waals surface area contributed by atoms with Gasteiger partial charge in [-0.05, 0) is 101 Å². The monoisotopic (exact) mass is 586 g/mol. The lowest BCUT2D eigenvalue weighted by Gasteiger charge is -2.32. The zero-order chi connectivity index (χ0) is 29.4. The maximum atomic E-state index is 13.0. The Morgan fingerprint density at radius 1 is 0.842 bits per heavy atom. The van der Waals surface area contributed by atoms with Crippen LogP contribution in [0.1, 0.15) is 72.1 Å². The van der Waals surface area contributed by atoms with Gasteiger partial charge in [-0.25, -0.2) is 8.78 Å². The van der Waals surface area contributed by atoms with E-state index in [4.69, 9.17) is 31.3 Å². The topological polar surface area (TPSA) is 118 Å². The fourth-order valence-corrected chi connectivity index (χ4v) is 3.35. The van der Waals surface area contributed by atoms with Gasteiger partial charge in [0.25, 0.3) is 0 Å². The number of nitrogens with two attached hydrogens (primary N) is 2. The lowest BCUT2D eigenvalue weighted by Crippen LogP contribution is -2.41. The van der Waals surface area contributed by atoms with Gasteiger partial charge in [0.2, 0.25) is 0 Å². The van der Waals surface area contributed by atoms with Gasteiger partial charge in [-0.2, -0.15) is 10.5 Å². The second kappa shape index (κ2) is 13.6. The van der Waals surface area contributed by atoms with Gasteiger partial charge in [0, 0.05) is 15.8 Å². The molecule has 0 atom stereocenters. The standard InChI is InChI=1S/C11H11FN2.C10H19BO2.C7H4BrFN2/c1-7(2)3-8-4-9(6-13)10(12)5-11(8)14;1-8(2)7-11-12-9(3,4)10(5,6)13-11;8-5-1-4(3-10)6(9)2-7(5)11/h3-5H,14H2,1-2H3;7H,1-6H3;1-2H,11H2. The number of halogens is 3. The minimum atomic E-state index is -0.590. The highest BCUT2D eigenvalue weighted by atomic mass is 79.9. The highest BCUT2D eigenvalue weighted by Crippen LogP contribution is 2.37. The lowest BCUT2D eigenvalue weighted by atomic mass is 9.88. The van der Waals surface area contributed by atoms with Gasteiger partial charge in [0.15, 0.2) is 0 Å². The van der Waals surface area contributed by atoms with E-state index in [1.165, 1.54) is 23.8 Å². The van der Waals surface area contributed by atoms with E-state index < -0.39 is 11.6 Å². The van der Waals surface area contributed by atoms with Crippen molar-refractivity contribution in [3.63, 3.8) is 0 Å².